The van der Waals surface area contributed by atoms with E-state index in [1.165, 1.54) is 109 Å². The lowest BCUT2D eigenvalue weighted by molar-refractivity contribution is -0.305. The van der Waals surface area contributed by atoms with E-state index in [1.807, 2.05) is 18.2 Å². The minimum absolute atomic E-state index is 0.114. The number of aliphatic hydroxyl groups excluding tert-OH is 5. The van der Waals surface area contributed by atoms with Crippen molar-refractivity contribution in [2.45, 2.75) is 307 Å². The van der Waals surface area contributed by atoms with Crippen molar-refractivity contribution >= 4 is 11.9 Å². The highest BCUT2D eigenvalue weighted by Gasteiger charge is 2.47. The van der Waals surface area contributed by atoms with Crippen LogP contribution in [0.15, 0.2) is 85.1 Å². The molecule has 1 saturated heterocycles. The number of nitrogens with one attached hydrogen (secondary N) is 1. The van der Waals surface area contributed by atoms with E-state index in [-0.39, 0.29) is 19.4 Å². The van der Waals surface area contributed by atoms with E-state index in [9.17, 15) is 35.1 Å². The Kier molecular flexibility index (Phi) is 49.9. The standard InChI is InChI=1S/C66H115NO10/c1-4-7-10-13-16-19-22-24-26-27-28-29-30-31-32-33-34-36-39-42-45-48-51-54-61(71)77-64-63(73)62(72)60(55-68)76-66(64)75-56-57(58(69)52-49-46-43-40-37-21-18-15-12-9-6-3)67-65(74)59(70)53-50-47-44-41-38-35-25-23-20-17-14-11-8-5-2/h8,11,14,16-17,19-20,23-24,26,28-29,49,52,57-60,62-64,66,68-70,72-73H,4-7,9-10,12-13,15,18,21-22,25,27,30-48,50-51,53-56H2,1-3H3,(H,67,74)/b11-8+,17-14+,19-16-,23-20+,26-24-,29-28-,52-49+. The van der Waals surface area contributed by atoms with Gasteiger partial charge in [-0.25, -0.2) is 0 Å². The Bertz CT molecular complexity index is 1570. The second-order valence-corrected chi connectivity index (χ2v) is 21.5. The first-order chi connectivity index (χ1) is 37.7. The molecule has 444 valence electrons. The zero-order valence-electron chi connectivity index (χ0n) is 49.1. The van der Waals surface area contributed by atoms with Crippen molar-refractivity contribution in [1.82, 2.24) is 5.32 Å². The molecule has 6 N–H and O–H groups in total. The Labute approximate surface area is 470 Å². The first-order valence-electron chi connectivity index (χ1n) is 31.4. The lowest BCUT2D eigenvalue weighted by Gasteiger charge is -2.41. The maximum absolute atomic E-state index is 13.4. The van der Waals surface area contributed by atoms with Crippen molar-refractivity contribution in [3.63, 3.8) is 0 Å². The minimum Gasteiger partial charge on any atom is -0.454 e. The summed E-state index contributed by atoms with van der Waals surface area (Å²) in [6.45, 7) is 5.61. The smallest absolute Gasteiger partial charge is 0.306 e. The van der Waals surface area contributed by atoms with Gasteiger partial charge in [0.1, 0.15) is 24.4 Å². The van der Waals surface area contributed by atoms with Gasteiger partial charge in [0.15, 0.2) is 12.4 Å². The van der Waals surface area contributed by atoms with Gasteiger partial charge in [0, 0.05) is 6.42 Å². The van der Waals surface area contributed by atoms with E-state index in [4.69, 9.17) is 14.2 Å². The van der Waals surface area contributed by atoms with Crippen LogP contribution in [0.3, 0.4) is 0 Å². The summed E-state index contributed by atoms with van der Waals surface area (Å²) in [5.74, 6) is -1.21. The maximum atomic E-state index is 13.4. The van der Waals surface area contributed by atoms with Gasteiger partial charge in [-0.05, 0) is 83.5 Å². The van der Waals surface area contributed by atoms with Crippen LogP contribution in [0.4, 0.5) is 0 Å². The third-order valence-corrected chi connectivity index (χ3v) is 14.3. The molecule has 0 aliphatic carbocycles. The lowest BCUT2D eigenvalue weighted by atomic mass is 9.99. The van der Waals surface area contributed by atoms with Crippen LogP contribution < -0.4 is 5.32 Å². The van der Waals surface area contributed by atoms with Gasteiger partial charge in [-0.1, -0.05) is 254 Å². The number of carbonyl (C=O) groups excluding carboxylic acids is 2. The van der Waals surface area contributed by atoms with Crippen LogP contribution in [0, 0.1) is 0 Å². The summed E-state index contributed by atoms with van der Waals surface area (Å²) in [5.41, 5.74) is 0. The SMILES string of the molecule is CC/C=C/C=C/C=C/CCCCCCCCC(O)C(=O)NC(COC1OC(CO)C(O)C(O)C1OC(=O)CCCCCCCCCCCC/C=C\C/C=C\C/C=C\CCCCC)C(O)/C=C/CCCCCCCCCCC. The van der Waals surface area contributed by atoms with Crippen LogP contribution in [0.25, 0.3) is 0 Å². The highest BCUT2D eigenvalue weighted by Crippen LogP contribution is 2.26. The number of hydrogen-bond acceptors (Lipinski definition) is 10. The van der Waals surface area contributed by atoms with Crippen LogP contribution in [0.1, 0.15) is 258 Å². The van der Waals surface area contributed by atoms with Gasteiger partial charge in [-0.3, -0.25) is 9.59 Å². The van der Waals surface area contributed by atoms with Crippen molar-refractivity contribution in [3.05, 3.63) is 85.1 Å². The van der Waals surface area contributed by atoms with Crippen LogP contribution in [0.2, 0.25) is 0 Å². The summed E-state index contributed by atoms with van der Waals surface area (Å²) in [6.07, 6.45) is 59.1. The fraction of sp³-hybridized carbons (Fsp3) is 0.758. The number of hydrogen-bond donors (Lipinski definition) is 6. The van der Waals surface area contributed by atoms with Gasteiger partial charge in [-0.15, -0.1) is 0 Å². The minimum atomic E-state index is -1.62. The second kappa shape index (κ2) is 53.5. The van der Waals surface area contributed by atoms with E-state index >= 15 is 0 Å². The normalized spacial score (nSPS) is 19.6. The molecule has 0 aromatic heterocycles. The number of amides is 1. The van der Waals surface area contributed by atoms with Crippen molar-refractivity contribution in [2.75, 3.05) is 13.2 Å². The van der Waals surface area contributed by atoms with Crippen molar-refractivity contribution in [1.29, 1.82) is 0 Å². The zero-order chi connectivity index (χ0) is 56.1. The molecule has 0 spiro atoms. The van der Waals surface area contributed by atoms with Gasteiger partial charge in [0.2, 0.25) is 5.91 Å². The molecule has 1 fully saturated rings. The molecule has 0 radical (unpaired) electrons. The maximum Gasteiger partial charge on any atom is 0.306 e. The fourth-order valence-electron chi connectivity index (χ4n) is 9.36. The summed E-state index contributed by atoms with van der Waals surface area (Å²) >= 11 is 0. The summed E-state index contributed by atoms with van der Waals surface area (Å²) in [5, 5.41) is 56.9. The Morgan fingerprint density at radius 3 is 1.53 bits per heavy atom. The van der Waals surface area contributed by atoms with E-state index in [1.54, 1.807) is 6.08 Å². The quantitative estimate of drug-likeness (QED) is 0.0149. The first-order valence-corrected chi connectivity index (χ1v) is 31.4. The average molecular weight is 1080 g/mol. The first kappa shape index (κ1) is 71.9. The number of ether oxygens (including phenoxy) is 3. The van der Waals surface area contributed by atoms with Crippen molar-refractivity contribution in [3.8, 4) is 0 Å². The Morgan fingerprint density at radius 2 is 0.987 bits per heavy atom. The number of carbonyl (C=O) groups is 2. The monoisotopic (exact) mass is 1080 g/mol. The molecular weight excluding hydrogens is 967 g/mol. The molecule has 77 heavy (non-hydrogen) atoms. The van der Waals surface area contributed by atoms with Gasteiger partial charge in [0.25, 0.3) is 0 Å². The van der Waals surface area contributed by atoms with Crippen LogP contribution in [-0.2, 0) is 23.8 Å². The number of unbranched alkanes of at least 4 members (excludes halogenated alkanes) is 28. The lowest BCUT2D eigenvalue weighted by Crippen LogP contribution is -2.61. The Hall–Kier alpha value is -3.16. The molecule has 1 heterocycles. The molecule has 0 bridgehead atoms. The zero-order valence-corrected chi connectivity index (χ0v) is 49.1. The molecule has 8 atom stereocenters. The molecular formula is C66H115NO10. The molecule has 0 aromatic carbocycles. The van der Waals surface area contributed by atoms with E-state index in [2.05, 4.69) is 86.8 Å². The summed E-state index contributed by atoms with van der Waals surface area (Å²) in [7, 11) is 0. The molecule has 1 aliphatic rings. The Morgan fingerprint density at radius 1 is 0.532 bits per heavy atom. The predicted molar refractivity (Wildman–Crippen MR) is 319 cm³/mol. The summed E-state index contributed by atoms with van der Waals surface area (Å²) < 4.78 is 17.6. The average Bonchev–Trinajstić information content (AvgIpc) is 3.43. The third-order valence-electron chi connectivity index (χ3n) is 14.3. The predicted octanol–water partition coefficient (Wildman–Crippen LogP) is 14.9. The highest BCUT2D eigenvalue weighted by atomic mass is 16.7. The number of allylic oxidation sites excluding steroid dienone is 13. The van der Waals surface area contributed by atoms with Crippen LogP contribution >= 0.6 is 0 Å². The highest BCUT2D eigenvalue weighted by molar-refractivity contribution is 5.80. The molecule has 1 amide bonds. The van der Waals surface area contributed by atoms with Gasteiger partial charge in [-0.2, -0.15) is 0 Å². The van der Waals surface area contributed by atoms with E-state index in [0.717, 1.165) is 103 Å². The van der Waals surface area contributed by atoms with E-state index < -0.39 is 67.4 Å². The van der Waals surface area contributed by atoms with E-state index in [0.29, 0.717) is 12.8 Å². The topological polar surface area (TPSA) is 175 Å². The van der Waals surface area contributed by atoms with Gasteiger partial charge < -0.3 is 45.1 Å². The molecule has 8 unspecified atom stereocenters. The summed E-state index contributed by atoms with van der Waals surface area (Å²) in [6, 6.07) is -1.03. The number of rotatable bonds is 52. The van der Waals surface area contributed by atoms with Crippen molar-refractivity contribution < 1.29 is 49.3 Å². The molecule has 0 saturated carbocycles. The Balaban J connectivity index is 2.62. The largest absolute Gasteiger partial charge is 0.454 e. The molecule has 1 aliphatic heterocycles. The summed E-state index contributed by atoms with van der Waals surface area (Å²) in [4.78, 5) is 26.5. The molecule has 0 aromatic rings. The number of esters is 1. The number of aliphatic hydroxyl groups is 5. The fourth-order valence-corrected chi connectivity index (χ4v) is 9.36. The van der Waals surface area contributed by atoms with Crippen LogP contribution in [0.5, 0.6) is 0 Å². The molecule has 1 rings (SSSR count). The molecule has 11 heteroatoms. The second-order valence-electron chi connectivity index (χ2n) is 21.5. The molecule has 11 nitrogen and oxygen atoms in total. The van der Waals surface area contributed by atoms with Crippen LogP contribution in [-0.4, -0.2) is 99.6 Å². The third kappa shape index (κ3) is 41.5. The van der Waals surface area contributed by atoms with Gasteiger partial charge >= 0.3 is 5.97 Å². The van der Waals surface area contributed by atoms with Gasteiger partial charge in [0.05, 0.1) is 25.4 Å². The van der Waals surface area contributed by atoms with Crippen molar-refractivity contribution in [2.24, 2.45) is 0 Å².